The molecule has 0 unspecified atom stereocenters. The average Bonchev–Trinajstić information content (AvgIpc) is 3.21. The second kappa shape index (κ2) is 11.6. The summed E-state index contributed by atoms with van der Waals surface area (Å²) in [6, 6.07) is 25.1. The van der Waals surface area contributed by atoms with Crippen LogP contribution in [0.5, 0.6) is 11.6 Å². The average molecular weight is 505 g/mol. The lowest BCUT2D eigenvalue weighted by Gasteiger charge is -2.13. The quantitative estimate of drug-likeness (QED) is 0.311. The number of halogens is 1. The van der Waals surface area contributed by atoms with Crippen molar-refractivity contribution in [3.05, 3.63) is 106 Å². The molecule has 0 atom stereocenters. The van der Waals surface area contributed by atoms with Gasteiger partial charge in [-0.3, -0.25) is 4.68 Å². The van der Waals surface area contributed by atoms with Gasteiger partial charge in [-0.1, -0.05) is 54.1 Å². The van der Waals surface area contributed by atoms with Crippen molar-refractivity contribution in [1.29, 1.82) is 0 Å². The predicted molar refractivity (Wildman–Crippen MR) is 142 cm³/mol. The van der Waals surface area contributed by atoms with Crippen LogP contribution in [0, 0.1) is 6.92 Å². The molecule has 1 aromatic heterocycles. The molecule has 0 aliphatic carbocycles. The summed E-state index contributed by atoms with van der Waals surface area (Å²) in [5.74, 6) is 0.945. The maximum atomic E-state index is 12.3. The van der Waals surface area contributed by atoms with Crippen LogP contribution in [0.2, 0.25) is 5.02 Å². The van der Waals surface area contributed by atoms with Crippen LogP contribution in [0.15, 0.2) is 78.9 Å². The van der Waals surface area contributed by atoms with Gasteiger partial charge in [0.05, 0.1) is 6.54 Å². The fourth-order valence-electron chi connectivity index (χ4n) is 3.62. The highest BCUT2D eigenvalue weighted by molar-refractivity contribution is 6.30. The van der Waals surface area contributed by atoms with Gasteiger partial charge in [-0.05, 0) is 48.4 Å². The Bertz CT molecular complexity index is 1300. The molecule has 0 aliphatic heterocycles. The molecule has 36 heavy (non-hydrogen) atoms. The van der Waals surface area contributed by atoms with Gasteiger partial charge < -0.3 is 19.7 Å². The molecule has 4 aromatic rings. The molecule has 7 nitrogen and oxygen atoms in total. The van der Waals surface area contributed by atoms with Crippen molar-refractivity contribution in [3.63, 3.8) is 0 Å². The summed E-state index contributed by atoms with van der Waals surface area (Å²) < 4.78 is 13.2. The van der Waals surface area contributed by atoms with Crippen LogP contribution < -0.4 is 19.7 Å². The third-order valence-electron chi connectivity index (χ3n) is 5.63. The van der Waals surface area contributed by atoms with Crippen LogP contribution in [0.25, 0.3) is 0 Å². The molecular formula is C28H29ClN4O3. The zero-order chi connectivity index (χ0) is 25.5. The van der Waals surface area contributed by atoms with E-state index in [0.717, 1.165) is 33.8 Å². The Morgan fingerprint density at radius 3 is 2.47 bits per heavy atom. The molecule has 0 saturated carbocycles. The summed E-state index contributed by atoms with van der Waals surface area (Å²) in [7, 11) is 3.97. The van der Waals surface area contributed by atoms with Gasteiger partial charge in [0, 0.05) is 48.7 Å². The minimum Gasteiger partial charge on any atom is -0.489 e. The van der Waals surface area contributed by atoms with Crippen LogP contribution >= 0.6 is 11.6 Å². The number of benzene rings is 3. The molecule has 0 radical (unpaired) electrons. The van der Waals surface area contributed by atoms with Gasteiger partial charge in [-0.15, -0.1) is 5.10 Å². The lowest BCUT2D eigenvalue weighted by molar-refractivity contribution is 0.197. The molecule has 0 bridgehead atoms. The first-order valence-electron chi connectivity index (χ1n) is 11.6. The molecule has 0 aliphatic rings. The topological polar surface area (TPSA) is 68.6 Å². The van der Waals surface area contributed by atoms with Crippen molar-refractivity contribution in [3.8, 4) is 11.6 Å². The largest absolute Gasteiger partial charge is 0.489 e. The lowest BCUT2D eigenvalue weighted by atomic mass is 10.2. The molecule has 0 fully saturated rings. The Balaban J connectivity index is 1.37. The van der Waals surface area contributed by atoms with E-state index in [4.69, 9.17) is 21.1 Å². The minimum absolute atomic E-state index is 0.224. The van der Waals surface area contributed by atoms with Crippen molar-refractivity contribution >= 4 is 23.4 Å². The molecule has 1 heterocycles. The zero-order valence-corrected chi connectivity index (χ0v) is 21.3. The first kappa shape index (κ1) is 25.1. The molecule has 0 spiro atoms. The van der Waals surface area contributed by atoms with Crippen LogP contribution in [-0.4, -0.2) is 30.0 Å². The van der Waals surface area contributed by atoms with Crippen LogP contribution in [-0.2, 0) is 19.7 Å². The maximum absolute atomic E-state index is 12.3. The summed E-state index contributed by atoms with van der Waals surface area (Å²) in [6.45, 7) is 3.12. The van der Waals surface area contributed by atoms with Crippen LogP contribution in [0.4, 0.5) is 10.5 Å². The highest BCUT2D eigenvalue weighted by Crippen LogP contribution is 2.26. The molecule has 1 N–H and O–H groups in total. The fraction of sp³-hybridized carbons (Fsp3) is 0.214. The number of nitrogens with one attached hydrogen (secondary N) is 1. The first-order valence-corrected chi connectivity index (χ1v) is 12.0. The predicted octanol–water partition coefficient (Wildman–Crippen LogP) is 5.83. The van der Waals surface area contributed by atoms with E-state index >= 15 is 0 Å². The molecule has 1 amide bonds. The third kappa shape index (κ3) is 6.79. The van der Waals surface area contributed by atoms with E-state index in [1.807, 2.05) is 92.6 Å². The number of nitrogens with zero attached hydrogens (tertiary/aromatic N) is 3. The summed E-state index contributed by atoms with van der Waals surface area (Å²) >= 11 is 6.26. The van der Waals surface area contributed by atoms with E-state index in [9.17, 15) is 4.79 Å². The Kier molecular flexibility index (Phi) is 8.13. The maximum Gasteiger partial charge on any atom is 0.414 e. The number of hydrogen-bond acceptors (Lipinski definition) is 5. The van der Waals surface area contributed by atoms with Gasteiger partial charge in [0.2, 0.25) is 5.88 Å². The summed E-state index contributed by atoms with van der Waals surface area (Å²) in [5.41, 5.74) is 4.86. The summed E-state index contributed by atoms with van der Waals surface area (Å²) in [6.07, 6.45) is -0.564. The number of rotatable bonds is 9. The molecule has 3 aromatic carbocycles. The first-order chi connectivity index (χ1) is 17.4. The number of amides is 1. The number of ether oxygens (including phenoxy) is 2. The second-order valence-electron chi connectivity index (χ2n) is 8.61. The number of carbonyl (C=O) groups excluding carboxylic acids is 1. The van der Waals surface area contributed by atoms with Gasteiger partial charge in [0.15, 0.2) is 0 Å². The van der Waals surface area contributed by atoms with E-state index in [0.29, 0.717) is 24.7 Å². The lowest BCUT2D eigenvalue weighted by Crippen LogP contribution is -2.26. The third-order valence-corrected chi connectivity index (χ3v) is 5.86. The van der Waals surface area contributed by atoms with E-state index in [-0.39, 0.29) is 5.88 Å². The van der Waals surface area contributed by atoms with Crippen molar-refractivity contribution in [1.82, 2.24) is 15.1 Å². The van der Waals surface area contributed by atoms with Crippen molar-refractivity contribution in [2.24, 2.45) is 0 Å². The molecule has 8 heteroatoms. The molecular weight excluding hydrogens is 476 g/mol. The van der Waals surface area contributed by atoms with Gasteiger partial charge in [0.1, 0.15) is 12.4 Å². The van der Waals surface area contributed by atoms with Crippen molar-refractivity contribution < 1.29 is 14.3 Å². The number of aromatic nitrogens is 2. The van der Waals surface area contributed by atoms with Gasteiger partial charge in [-0.2, -0.15) is 0 Å². The standard InChI is InChI=1S/C28H29ClN4O3/c1-20-15-27(36-28(34)30-17-21-9-12-25(13-10-21)32(2)3)31-33(20)18-23-16-24(29)11-14-26(23)35-19-22-7-5-4-6-8-22/h4-16H,17-19H2,1-3H3,(H,30,34). The summed E-state index contributed by atoms with van der Waals surface area (Å²) in [5, 5.41) is 7.82. The van der Waals surface area contributed by atoms with Crippen molar-refractivity contribution in [2.75, 3.05) is 19.0 Å². The Morgan fingerprint density at radius 2 is 1.75 bits per heavy atom. The highest BCUT2D eigenvalue weighted by Gasteiger charge is 2.13. The molecule has 186 valence electrons. The van der Waals surface area contributed by atoms with Crippen LogP contribution in [0.3, 0.4) is 0 Å². The van der Waals surface area contributed by atoms with E-state index < -0.39 is 6.09 Å². The normalized spacial score (nSPS) is 10.7. The monoisotopic (exact) mass is 504 g/mol. The van der Waals surface area contributed by atoms with E-state index in [1.165, 1.54) is 0 Å². The molecule has 4 rings (SSSR count). The molecule has 0 saturated heterocycles. The van der Waals surface area contributed by atoms with Crippen molar-refractivity contribution in [2.45, 2.75) is 26.6 Å². The van der Waals surface area contributed by atoms with Crippen LogP contribution in [0.1, 0.15) is 22.4 Å². The highest BCUT2D eigenvalue weighted by atomic mass is 35.5. The Hall–Kier alpha value is -3.97. The second-order valence-corrected chi connectivity index (χ2v) is 9.05. The number of anilines is 1. The summed E-state index contributed by atoms with van der Waals surface area (Å²) in [4.78, 5) is 14.3. The number of carbonyl (C=O) groups is 1. The number of hydrogen-bond donors (Lipinski definition) is 1. The van der Waals surface area contributed by atoms with E-state index in [1.54, 1.807) is 16.8 Å². The smallest absolute Gasteiger partial charge is 0.414 e. The Labute approximate surface area is 216 Å². The van der Waals surface area contributed by atoms with Gasteiger partial charge in [-0.25, -0.2) is 4.79 Å². The number of aryl methyl sites for hydroxylation is 1. The van der Waals surface area contributed by atoms with Gasteiger partial charge in [0.25, 0.3) is 0 Å². The minimum atomic E-state index is -0.564. The SMILES string of the molecule is Cc1cc(OC(=O)NCc2ccc(N(C)C)cc2)nn1Cc1cc(Cl)ccc1OCc1ccccc1. The fourth-order valence-corrected chi connectivity index (χ4v) is 3.81. The van der Waals surface area contributed by atoms with E-state index in [2.05, 4.69) is 10.4 Å². The van der Waals surface area contributed by atoms with Gasteiger partial charge >= 0.3 is 6.09 Å². The zero-order valence-electron chi connectivity index (χ0n) is 20.6. The Morgan fingerprint density at radius 1 is 1.00 bits per heavy atom.